The van der Waals surface area contributed by atoms with Gasteiger partial charge in [-0.3, -0.25) is 19.4 Å². The molecule has 1 atom stereocenters. The van der Waals surface area contributed by atoms with Crippen LogP contribution in [-0.2, 0) is 17.9 Å². The van der Waals surface area contributed by atoms with E-state index in [4.69, 9.17) is 9.63 Å². The monoisotopic (exact) mass is 442 g/mol. The fourth-order valence-corrected chi connectivity index (χ4v) is 4.66. The van der Waals surface area contributed by atoms with Crippen molar-refractivity contribution in [3.05, 3.63) is 60.0 Å². The van der Waals surface area contributed by atoms with E-state index in [9.17, 15) is 4.79 Å². The van der Waals surface area contributed by atoms with Gasteiger partial charge in [0.15, 0.2) is 0 Å². The second-order valence-electron chi connectivity index (χ2n) is 8.80. The minimum Gasteiger partial charge on any atom is -0.481 e. The van der Waals surface area contributed by atoms with E-state index in [1.165, 1.54) is 5.56 Å². The molecule has 1 unspecified atom stereocenters. The predicted octanol–water partition coefficient (Wildman–Crippen LogP) is 3.30. The van der Waals surface area contributed by atoms with Crippen molar-refractivity contribution in [1.82, 2.24) is 29.8 Å². The zero-order valence-electron chi connectivity index (χ0n) is 18.0. The number of carboxylic acid groups (broad SMARTS) is 1. The summed E-state index contributed by atoms with van der Waals surface area (Å²) in [5.41, 5.74) is 6.06. The van der Waals surface area contributed by atoms with E-state index in [0.29, 0.717) is 30.7 Å². The van der Waals surface area contributed by atoms with Crippen molar-refractivity contribution in [2.75, 3.05) is 13.1 Å². The molecule has 0 aliphatic carbocycles. The van der Waals surface area contributed by atoms with Crippen LogP contribution >= 0.6 is 0 Å². The van der Waals surface area contributed by atoms with Gasteiger partial charge in [0, 0.05) is 55.6 Å². The van der Waals surface area contributed by atoms with E-state index in [0.717, 1.165) is 41.0 Å². The molecular formula is C24H22N6O3. The third kappa shape index (κ3) is 3.41. The first-order valence-corrected chi connectivity index (χ1v) is 11.0. The molecule has 1 N–H and O–H groups in total. The Morgan fingerprint density at radius 3 is 2.73 bits per heavy atom. The summed E-state index contributed by atoms with van der Waals surface area (Å²) in [6.07, 6.45) is 5.50. The van der Waals surface area contributed by atoms with Crippen LogP contribution in [0.15, 0.2) is 53.4 Å². The lowest BCUT2D eigenvalue weighted by atomic mass is 9.91. The molecule has 0 saturated carbocycles. The lowest BCUT2D eigenvalue weighted by molar-refractivity contribution is -0.147. The van der Waals surface area contributed by atoms with E-state index in [1.54, 1.807) is 12.4 Å². The third-order valence-corrected chi connectivity index (χ3v) is 6.51. The Morgan fingerprint density at radius 2 is 1.94 bits per heavy atom. The second-order valence-corrected chi connectivity index (χ2v) is 8.80. The largest absolute Gasteiger partial charge is 0.481 e. The molecule has 1 fully saturated rings. The molecular weight excluding hydrogens is 420 g/mol. The predicted molar refractivity (Wildman–Crippen MR) is 119 cm³/mol. The summed E-state index contributed by atoms with van der Waals surface area (Å²) >= 11 is 0. The van der Waals surface area contributed by atoms with Crippen LogP contribution in [-0.4, -0.2) is 54.0 Å². The molecule has 2 aliphatic rings. The van der Waals surface area contributed by atoms with Crippen LogP contribution in [0.1, 0.15) is 24.0 Å². The maximum absolute atomic E-state index is 11.0. The first-order chi connectivity index (χ1) is 16.1. The Morgan fingerprint density at radius 1 is 1.12 bits per heavy atom. The fraction of sp³-hybridized carbons (Fsp3) is 0.292. The van der Waals surface area contributed by atoms with Gasteiger partial charge in [-0.1, -0.05) is 36.3 Å². The molecule has 33 heavy (non-hydrogen) atoms. The summed E-state index contributed by atoms with van der Waals surface area (Å²) < 4.78 is 7.62. The summed E-state index contributed by atoms with van der Waals surface area (Å²) in [5, 5.41) is 17.8. The molecule has 166 valence electrons. The number of hydrogen-bond acceptors (Lipinski definition) is 7. The zero-order valence-corrected chi connectivity index (χ0v) is 18.0. The average Bonchev–Trinajstić information content (AvgIpc) is 3.43. The second kappa shape index (κ2) is 7.63. The molecule has 2 aliphatic heterocycles. The number of nitrogens with zero attached hydrogens (tertiary/aromatic N) is 6. The SMILES string of the molecule is CC1Cn2ncc(-c3nc(-c4ccc(CN5CC(C(=O)O)C5)cc4)no3)c2-c2ccncc21. The maximum Gasteiger partial charge on any atom is 0.309 e. The van der Waals surface area contributed by atoms with Crippen LogP contribution in [0.4, 0.5) is 0 Å². The van der Waals surface area contributed by atoms with Crippen LogP contribution in [0.25, 0.3) is 34.1 Å². The average molecular weight is 442 g/mol. The van der Waals surface area contributed by atoms with E-state index in [1.807, 2.05) is 41.2 Å². The topological polar surface area (TPSA) is 110 Å². The van der Waals surface area contributed by atoms with Gasteiger partial charge in [-0.2, -0.15) is 10.1 Å². The molecule has 3 aromatic heterocycles. The van der Waals surface area contributed by atoms with Crippen LogP contribution in [0, 0.1) is 5.92 Å². The Kier molecular flexibility index (Phi) is 4.58. The van der Waals surface area contributed by atoms with Crippen molar-refractivity contribution in [2.45, 2.75) is 25.9 Å². The zero-order chi connectivity index (χ0) is 22.5. The van der Waals surface area contributed by atoms with Crippen molar-refractivity contribution in [2.24, 2.45) is 5.92 Å². The number of carboxylic acids is 1. The summed E-state index contributed by atoms with van der Waals surface area (Å²) in [6, 6.07) is 9.98. The van der Waals surface area contributed by atoms with E-state index < -0.39 is 5.97 Å². The van der Waals surface area contributed by atoms with Gasteiger partial charge in [-0.05, 0) is 17.2 Å². The Bertz CT molecular complexity index is 1340. The molecule has 9 nitrogen and oxygen atoms in total. The molecule has 6 rings (SSSR count). The molecule has 5 heterocycles. The van der Waals surface area contributed by atoms with Crippen molar-refractivity contribution < 1.29 is 14.4 Å². The molecule has 0 bridgehead atoms. The van der Waals surface area contributed by atoms with E-state index in [-0.39, 0.29) is 5.92 Å². The lowest BCUT2D eigenvalue weighted by Crippen LogP contribution is -2.49. The third-order valence-electron chi connectivity index (χ3n) is 6.51. The van der Waals surface area contributed by atoms with Crippen LogP contribution in [0.3, 0.4) is 0 Å². The Hall–Kier alpha value is -3.85. The van der Waals surface area contributed by atoms with Crippen LogP contribution in [0.2, 0.25) is 0 Å². The highest BCUT2D eigenvalue weighted by atomic mass is 16.5. The minimum absolute atomic E-state index is 0.247. The van der Waals surface area contributed by atoms with Crippen LogP contribution in [0.5, 0.6) is 0 Å². The number of aliphatic carboxylic acids is 1. The molecule has 0 radical (unpaired) electrons. The number of aromatic nitrogens is 5. The maximum atomic E-state index is 11.0. The number of fused-ring (bicyclic) bond motifs is 3. The normalized spacial score (nSPS) is 17.9. The molecule has 0 amide bonds. The molecule has 1 aromatic carbocycles. The fourth-order valence-electron chi connectivity index (χ4n) is 4.66. The van der Waals surface area contributed by atoms with E-state index in [2.05, 4.69) is 32.0 Å². The van der Waals surface area contributed by atoms with Gasteiger partial charge in [0.2, 0.25) is 5.82 Å². The van der Waals surface area contributed by atoms with Gasteiger partial charge >= 0.3 is 5.97 Å². The smallest absolute Gasteiger partial charge is 0.309 e. The summed E-state index contributed by atoms with van der Waals surface area (Å²) in [5.74, 6) is 0.322. The van der Waals surface area contributed by atoms with Gasteiger partial charge in [0.1, 0.15) is 0 Å². The minimum atomic E-state index is -0.719. The highest BCUT2D eigenvalue weighted by Crippen LogP contribution is 2.40. The number of rotatable bonds is 5. The number of hydrogen-bond donors (Lipinski definition) is 1. The van der Waals surface area contributed by atoms with Gasteiger partial charge in [0.05, 0.1) is 23.4 Å². The molecule has 1 saturated heterocycles. The Labute approximate surface area is 189 Å². The van der Waals surface area contributed by atoms with Gasteiger partial charge in [-0.25, -0.2) is 0 Å². The first kappa shape index (κ1) is 19.8. The standard InChI is InChI=1S/C24H22N6O3/c1-14-10-30-21(18-6-7-25-8-19(14)18)20(9-26-30)23-27-22(28-33-23)16-4-2-15(3-5-16)11-29-12-17(13-29)24(31)32/h2-9,14,17H,10-13H2,1H3,(H,31,32). The van der Waals surface area contributed by atoms with Crippen molar-refractivity contribution in [3.8, 4) is 34.1 Å². The molecule has 0 spiro atoms. The van der Waals surface area contributed by atoms with Gasteiger partial charge in [-0.15, -0.1) is 0 Å². The van der Waals surface area contributed by atoms with Gasteiger partial charge in [0.25, 0.3) is 5.89 Å². The highest BCUT2D eigenvalue weighted by molar-refractivity contribution is 5.80. The Balaban J connectivity index is 1.23. The van der Waals surface area contributed by atoms with Crippen molar-refractivity contribution in [1.29, 1.82) is 0 Å². The van der Waals surface area contributed by atoms with Crippen LogP contribution < -0.4 is 0 Å². The summed E-state index contributed by atoms with van der Waals surface area (Å²) in [4.78, 5) is 22.0. The molecule has 9 heteroatoms. The van der Waals surface area contributed by atoms with Gasteiger partial charge < -0.3 is 9.63 Å². The summed E-state index contributed by atoms with van der Waals surface area (Å²) in [7, 11) is 0. The number of pyridine rings is 1. The highest BCUT2D eigenvalue weighted by Gasteiger charge is 2.32. The summed E-state index contributed by atoms with van der Waals surface area (Å²) in [6.45, 7) is 4.88. The number of likely N-dealkylation sites (tertiary alicyclic amines) is 1. The quantitative estimate of drug-likeness (QED) is 0.501. The lowest BCUT2D eigenvalue weighted by Gasteiger charge is -2.36. The number of carbonyl (C=O) groups is 1. The molecule has 4 aromatic rings. The van der Waals surface area contributed by atoms with Crippen molar-refractivity contribution >= 4 is 5.97 Å². The van der Waals surface area contributed by atoms with E-state index >= 15 is 0 Å². The number of benzene rings is 1. The first-order valence-electron chi connectivity index (χ1n) is 11.0. The van der Waals surface area contributed by atoms with Crippen molar-refractivity contribution in [3.63, 3.8) is 0 Å².